The second-order valence-corrected chi connectivity index (χ2v) is 3.64. The fourth-order valence-electron chi connectivity index (χ4n) is 1.79. The van der Waals surface area contributed by atoms with Gasteiger partial charge in [-0.25, -0.2) is 4.79 Å². The molecule has 1 unspecified atom stereocenters. The first-order valence-electron chi connectivity index (χ1n) is 5.04. The van der Waals surface area contributed by atoms with Crippen LogP contribution in [0.15, 0.2) is 10.9 Å². The molecule has 1 aromatic rings. The summed E-state index contributed by atoms with van der Waals surface area (Å²) in [6, 6.07) is 1.42. The van der Waals surface area contributed by atoms with Crippen molar-refractivity contribution < 1.29 is 9.53 Å². The lowest BCUT2D eigenvalue weighted by atomic mass is 10.1. The van der Waals surface area contributed by atoms with Crippen molar-refractivity contribution in [2.24, 2.45) is 0 Å². The third-order valence-electron chi connectivity index (χ3n) is 2.60. The Morgan fingerprint density at radius 2 is 2.38 bits per heavy atom. The Hall–Kier alpha value is -1.76. The molecular weight excluding hydrogens is 212 g/mol. The molecule has 1 fully saturated rings. The number of hydrogen-bond donors (Lipinski definition) is 3. The first kappa shape index (κ1) is 10.7. The van der Waals surface area contributed by atoms with Crippen LogP contribution in [0.2, 0.25) is 0 Å². The summed E-state index contributed by atoms with van der Waals surface area (Å²) < 4.78 is 4.66. The number of carbonyl (C=O) groups excluding carboxylic acids is 1. The third kappa shape index (κ3) is 2.08. The van der Waals surface area contributed by atoms with Crippen LogP contribution in [0, 0.1) is 0 Å². The van der Waals surface area contributed by atoms with E-state index in [1.807, 2.05) is 0 Å². The molecule has 0 saturated carbocycles. The number of nitrogens with one attached hydrogen (secondary N) is 3. The first-order chi connectivity index (χ1) is 7.70. The van der Waals surface area contributed by atoms with Gasteiger partial charge in [-0.3, -0.25) is 9.89 Å². The Kier molecular flexibility index (Phi) is 2.95. The predicted octanol–water partition coefficient (Wildman–Crippen LogP) is -0.584. The largest absolute Gasteiger partial charge is 0.453 e. The Morgan fingerprint density at radius 1 is 1.56 bits per heavy atom. The van der Waals surface area contributed by atoms with Crippen LogP contribution in [0.1, 0.15) is 11.7 Å². The minimum atomic E-state index is -0.343. The molecule has 1 amide bonds. The maximum atomic E-state index is 11.3. The molecule has 0 spiro atoms. The molecule has 1 aliphatic rings. The molecule has 7 heteroatoms. The molecule has 1 aromatic heterocycles. The van der Waals surface area contributed by atoms with Crippen LogP contribution in [0.3, 0.4) is 0 Å². The number of aromatic nitrogens is 2. The van der Waals surface area contributed by atoms with Crippen LogP contribution in [0.25, 0.3) is 0 Å². The highest BCUT2D eigenvalue weighted by atomic mass is 16.5. The molecule has 2 heterocycles. The lowest BCUT2D eigenvalue weighted by molar-refractivity contribution is 0.109. The van der Waals surface area contributed by atoms with Gasteiger partial charge in [0.05, 0.1) is 18.8 Å². The van der Waals surface area contributed by atoms with E-state index in [2.05, 4.69) is 20.3 Å². The highest BCUT2D eigenvalue weighted by Gasteiger charge is 2.25. The number of hydrogen-bond acceptors (Lipinski definition) is 4. The van der Waals surface area contributed by atoms with E-state index < -0.39 is 0 Å². The fraction of sp³-hybridized carbons (Fsp3) is 0.556. The first-order valence-corrected chi connectivity index (χ1v) is 5.04. The van der Waals surface area contributed by atoms with Crippen LogP contribution in [-0.2, 0) is 4.74 Å². The zero-order valence-corrected chi connectivity index (χ0v) is 8.95. The topological polar surface area (TPSA) is 90.2 Å². The van der Waals surface area contributed by atoms with Gasteiger partial charge in [0.2, 0.25) is 0 Å². The molecule has 16 heavy (non-hydrogen) atoms. The lowest BCUT2D eigenvalue weighted by Gasteiger charge is -2.31. The number of methoxy groups -OCH3 is 1. The number of H-pyrrole nitrogens is 2. The fourth-order valence-corrected chi connectivity index (χ4v) is 1.79. The summed E-state index contributed by atoms with van der Waals surface area (Å²) in [7, 11) is 1.36. The van der Waals surface area contributed by atoms with Crippen LogP contribution < -0.4 is 10.9 Å². The lowest BCUT2D eigenvalue weighted by Crippen LogP contribution is -2.48. The molecule has 7 nitrogen and oxygen atoms in total. The SMILES string of the molecule is COC(=O)N1CCNC(c2cc(=O)[nH][nH]2)C1. The van der Waals surface area contributed by atoms with E-state index in [1.165, 1.54) is 13.2 Å². The number of nitrogens with zero attached hydrogens (tertiary/aromatic N) is 1. The van der Waals surface area contributed by atoms with E-state index in [9.17, 15) is 9.59 Å². The number of ether oxygens (including phenoxy) is 1. The molecule has 88 valence electrons. The van der Waals surface area contributed by atoms with Crippen molar-refractivity contribution in [3.8, 4) is 0 Å². The van der Waals surface area contributed by atoms with Crippen molar-refractivity contribution in [3.05, 3.63) is 22.1 Å². The summed E-state index contributed by atoms with van der Waals surface area (Å²) in [5.41, 5.74) is 0.575. The van der Waals surface area contributed by atoms with E-state index in [1.54, 1.807) is 4.90 Å². The van der Waals surface area contributed by atoms with Crippen LogP contribution in [0.4, 0.5) is 4.79 Å². The zero-order chi connectivity index (χ0) is 11.5. The van der Waals surface area contributed by atoms with Crippen molar-refractivity contribution >= 4 is 6.09 Å². The van der Waals surface area contributed by atoms with Crippen molar-refractivity contribution in [2.75, 3.05) is 26.7 Å². The van der Waals surface area contributed by atoms with E-state index in [4.69, 9.17) is 0 Å². The van der Waals surface area contributed by atoms with E-state index in [-0.39, 0.29) is 17.7 Å². The van der Waals surface area contributed by atoms with E-state index in [0.29, 0.717) is 19.6 Å². The highest BCUT2D eigenvalue weighted by molar-refractivity contribution is 5.67. The maximum absolute atomic E-state index is 11.3. The van der Waals surface area contributed by atoms with Crippen molar-refractivity contribution in [3.63, 3.8) is 0 Å². The minimum absolute atomic E-state index is 0.0631. The summed E-state index contributed by atoms with van der Waals surface area (Å²) in [6.07, 6.45) is -0.343. The van der Waals surface area contributed by atoms with Gasteiger partial charge in [-0.1, -0.05) is 0 Å². The number of rotatable bonds is 1. The molecule has 1 atom stereocenters. The Balaban J connectivity index is 2.07. The van der Waals surface area contributed by atoms with E-state index >= 15 is 0 Å². The molecule has 3 N–H and O–H groups in total. The standard InChI is InChI=1S/C9H14N4O3/c1-16-9(15)13-3-2-10-7(5-13)6-4-8(14)12-11-6/h4,7,10H,2-3,5H2,1H3,(H2,11,12,14). The van der Waals surface area contributed by atoms with Gasteiger partial charge in [0.15, 0.2) is 0 Å². The number of amides is 1. The number of carbonyl (C=O) groups is 1. The van der Waals surface area contributed by atoms with Crippen molar-refractivity contribution in [1.82, 2.24) is 20.4 Å². The van der Waals surface area contributed by atoms with Gasteiger partial charge in [0, 0.05) is 25.7 Å². The molecule has 1 saturated heterocycles. The zero-order valence-electron chi connectivity index (χ0n) is 8.95. The average Bonchev–Trinajstić information content (AvgIpc) is 2.75. The van der Waals surface area contributed by atoms with Gasteiger partial charge >= 0.3 is 6.09 Å². The quantitative estimate of drug-likeness (QED) is 0.597. The number of aromatic amines is 2. The Morgan fingerprint density at radius 3 is 3.00 bits per heavy atom. The summed E-state index contributed by atoms with van der Waals surface area (Å²) in [5, 5.41) is 8.46. The monoisotopic (exact) mass is 226 g/mol. The molecule has 1 aliphatic heterocycles. The molecule has 0 bridgehead atoms. The summed E-state index contributed by atoms with van der Waals surface area (Å²) in [4.78, 5) is 23.9. The summed E-state index contributed by atoms with van der Waals surface area (Å²) >= 11 is 0. The predicted molar refractivity (Wildman–Crippen MR) is 56.1 cm³/mol. The van der Waals surface area contributed by atoms with E-state index in [0.717, 1.165) is 5.69 Å². The molecular formula is C9H14N4O3. The molecule has 0 radical (unpaired) electrons. The van der Waals surface area contributed by atoms with Crippen molar-refractivity contribution in [2.45, 2.75) is 6.04 Å². The third-order valence-corrected chi connectivity index (χ3v) is 2.60. The van der Waals surface area contributed by atoms with Gasteiger partial charge in [0.25, 0.3) is 5.56 Å². The van der Waals surface area contributed by atoms with Crippen LogP contribution >= 0.6 is 0 Å². The Labute approximate surface area is 91.8 Å². The maximum Gasteiger partial charge on any atom is 0.409 e. The summed E-state index contributed by atoms with van der Waals surface area (Å²) in [6.45, 7) is 1.77. The van der Waals surface area contributed by atoms with Gasteiger partial charge < -0.3 is 20.1 Å². The highest BCUT2D eigenvalue weighted by Crippen LogP contribution is 2.13. The average molecular weight is 226 g/mol. The van der Waals surface area contributed by atoms with Gasteiger partial charge in [-0.15, -0.1) is 0 Å². The van der Waals surface area contributed by atoms with Crippen molar-refractivity contribution in [1.29, 1.82) is 0 Å². The van der Waals surface area contributed by atoms with Crippen LogP contribution in [0.5, 0.6) is 0 Å². The molecule has 0 aromatic carbocycles. The van der Waals surface area contributed by atoms with Crippen LogP contribution in [-0.4, -0.2) is 47.9 Å². The molecule has 0 aliphatic carbocycles. The smallest absolute Gasteiger partial charge is 0.409 e. The van der Waals surface area contributed by atoms with Gasteiger partial charge in [-0.05, 0) is 0 Å². The molecule has 2 rings (SSSR count). The van der Waals surface area contributed by atoms with Gasteiger partial charge in [-0.2, -0.15) is 0 Å². The number of piperazine rings is 1. The minimum Gasteiger partial charge on any atom is -0.453 e. The second-order valence-electron chi connectivity index (χ2n) is 3.64. The van der Waals surface area contributed by atoms with Gasteiger partial charge in [0.1, 0.15) is 0 Å². The normalized spacial score (nSPS) is 20.8. The Bertz CT molecular complexity index is 424. The second kappa shape index (κ2) is 4.40. The summed E-state index contributed by atoms with van der Waals surface area (Å²) in [5.74, 6) is 0.